The summed E-state index contributed by atoms with van der Waals surface area (Å²) in [6.07, 6.45) is 3.22. The first kappa shape index (κ1) is 21.1. The van der Waals surface area contributed by atoms with Gasteiger partial charge in [0.05, 0.1) is 31.2 Å². The molecule has 30 heavy (non-hydrogen) atoms. The lowest BCUT2D eigenvalue weighted by atomic mass is 10.2. The smallest absolute Gasteiger partial charge is 0.258 e. The minimum Gasteiger partial charge on any atom is -0.493 e. The van der Waals surface area contributed by atoms with E-state index in [-0.39, 0.29) is 18.0 Å². The lowest BCUT2D eigenvalue weighted by Crippen LogP contribution is -2.30. The Balaban J connectivity index is 1.76. The number of aromatic nitrogens is 2. The van der Waals surface area contributed by atoms with Crippen LogP contribution in [0.5, 0.6) is 11.5 Å². The van der Waals surface area contributed by atoms with Gasteiger partial charge in [-0.2, -0.15) is 0 Å². The first-order valence-electron chi connectivity index (χ1n) is 9.81. The highest BCUT2D eigenvalue weighted by Crippen LogP contribution is 2.28. The first-order valence-corrected chi connectivity index (χ1v) is 9.81. The Bertz CT molecular complexity index is 1120. The number of carbonyl (C=O) groups excluding carboxylic acids is 1. The molecule has 1 amide bonds. The van der Waals surface area contributed by atoms with Crippen molar-refractivity contribution in [3.63, 3.8) is 0 Å². The van der Waals surface area contributed by atoms with Crippen molar-refractivity contribution < 1.29 is 14.3 Å². The van der Waals surface area contributed by atoms with Crippen LogP contribution in [0.25, 0.3) is 17.0 Å². The molecule has 0 atom stereocenters. The topological polar surface area (TPSA) is 84.5 Å². The van der Waals surface area contributed by atoms with Crippen LogP contribution in [0.4, 0.5) is 0 Å². The fourth-order valence-electron chi connectivity index (χ4n) is 3.07. The summed E-state index contributed by atoms with van der Waals surface area (Å²) in [7, 11) is 1.58. The van der Waals surface area contributed by atoms with Crippen molar-refractivity contribution in [2.24, 2.45) is 0 Å². The van der Waals surface area contributed by atoms with Crippen LogP contribution in [0.1, 0.15) is 25.2 Å². The van der Waals surface area contributed by atoms with E-state index in [0.717, 1.165) is 5.56 Å². The van der Waals surface area contributed by atoms with E-state index >= 15 is 0 Å². The molecule has 7 heteroatoms. The van der Waals surface area contributed by atoms with Gasteiger partial charge in [0, 0.05) is 12.6 Å². The maximum absolute atomic E-state index is 12.7. The zero-order valence-electron chi connectivity index (χ0n) is 17.3. The summed E-state index contributed by atoms with van der Waals surface area (Å²) in [6, 6.07) is 12.6. The third-order valence-electron chi connectivity index (χ3n) is 4.60. The molecule has 0 bridgehead atoms. The molecule has 2 aromatic carbocycles. The number of nitrogens with one attached hydrogen (secondary N) is 1. The molecule has 1 heterocycles. The maximum Gasteiger partial charge on any atom is 0.258 e. The number of likely N-dealkylation sites (N-methyl/N-ethyl adjacent to an activating group) is 1. The van der Waals surface area contributed by atoms with Gasteiger partial charge in [0.25, 0.3) is 5.56 Å². The summed E-state index contributed by atoms with van der Waals surface area (Å²) in [6.45, 7) is 5.02. The summed E-state index contributed by atoms with van der Waals surface area (Å²) in [5, 5.41) is 0.528. The number of nitrogens with zero attached hydrogens (tertiary/aromatic N) is 2. The molecule has 0 fully saturated rings. The van der Waals surface area contributed by atoms with Crippen molar-refractivity contribution in [1.82, 2.24) is 14.9 Å². The largest absolute Gasteiger partial charge is 0.493 e. The Morgan fingerprint density at radius 2 is 1.97 bits per heavy atom. The van der Waals surface area contributed by atoms with E-state index in [1.807, 2.05) is 38.1 Å². The van der Waals surface area contributed by atoms with E-state index < -0.39 is 0 Å². The van der Waals surface area contributed by atoms with Gasteiger partial charge in [-0.25, -0.2) is 4.98 Å². The normalized spacial score (nSPS) is 11.0. The molecule has 0 aliphatic rings. The van der Waals surface area contributed by atoms with Gasteiger partial charge >= 0.3 is 0 Å². The lowest BCUT2D eigenvalue weighted by molar-refractivity contribution is -0.126. The molecule has 0 spiro atoms. The maximum atomic E-state index is 12.7. The second kappa shape index (κ2) is 9.73. The van der Waals surface area contributed by atoms with Crippen LogP contribution in [0, 0.1) is 0 Å². The van der Waals surface area contributed by atoms with Crippen molar-refractivity contribution in [2.75, 3.05) is 20.3 Å². The number of hydrogen-bond donors (Lipinski definition) is 1. The van der Waals surface area contributed by atoms with E-state index in [4.69, 9.17) is 9.47 Å². The van der Waals surface area contributed by atoms with Gasteiger partial charge in [-0.15, -0.1) is 0 Å². The monoisotopic (exact) mass is 407 g/mol. The Labute approximate surface area is 175 Å². The van der Waals surface area contributed by atoms with Crippen LogP contribution in [0.3, 0.4) is 0 Å². The average molecular weight is 407 g/mol. The summed E-state index contributed by atoms with van der Waals surface area (Å²) in [5.74, 6) is 1.54. The van der Waals surface area contributed by atoms with Crippen LogP contribution in [0.2, 0.25) is 0 Å². The predicted molar refractivity (Wildman–Crippen MR) is 117 cm³/mol. The van der Waals surface area contributed by atoms with Gasteiger partial charge in [-0.3, -0.25) is 9.59 Å². The number of hydrogen-bond acceptors (Lipinski definition) is 5. The van der Waals surface area contributed by atoms with Gasteiger partial charge < -0.3 is 19.4 Å². The molecule has 156 valence electrons. The van der Waals surface area contributed by atoms with Gasteiger partial charge in [0.15, 0.2) is 11.5 Å². The minimum atomic E-state index is -0.212. The molecule has 3 aromatic rings. The second-order valence-corrected chi connectivity index (χ2v) is 6.56. The SMILES string of the molecule is CCOc1ccc(/C=C/C(=O)N(CC)Cc2nc3ccccc3c(=O)[nH]2)cc1OC. The molecule has 1 aromatic heterocycles. The number of carbonyl (C=O) groups is 1. The molecule has 0 aliphatic heterocycles. The fraction of sp³-hybridized carbons (Fsp3) is 0.261. The van der Waals surface area contributed by atoms with Crippen LogP contribution >= 0.6 is 0 Å². The van der Waals surface area contributed by atoms with Crippen molar-refractivity contribution in [2.45, 2.75) is 20.4 Å². The van der Waals surface area contributed by atoms with E-state index in [9.17, 15) is 9.59 Å². The third kappa shape index (κ3) is 4.86. The Hall–Kier alpha value is -3.61. The highest BCUT2D eigenvalue weighted by molar-refractivity contribution is 5.91. The predicted octanol–water partition coefficient (Wildman–Crippen LogP) is 3.39. The number of aromatic amines is 1. The highest BCUT2D eigenvalue weighted by Gasteiger charge is 2.12. The molecule has 0 unspecified atom stereocenters. The van der Waals surface area contributed by atoms with Crippen LogP contribution in [-0.2, 0) is 11.3 Å². The zero-order chi connectivity index (χ0) is 21.5. The molecule has 0 radical (unpaired) electrons. The van der Waals surface area contributed by atoms with Crippen LogP contribution < -0.4 is 15.0 Å². The molecule has 1 N–H and O–H groups in total. The summed E-state index contributed by atoms with van der Waals surface area (Å²) in [4.78, 5) is 33.8. The van der Waals surface area contributed by atoms with Crippen molar-refractivity contribution in [1.29, 1.82) is 0 Å². The lowest BCUT2D eigenvalue weighted by Gasteiger charge is -2.18. The van der Waals surface area contributed by atoms with E-state index in [1.54, 1.807) is 36.3 Å². The summed E-state index contributed by atoms with van der Waals surface area (Å²) >= 11 is 0. The number of ether oxygens (including phenoxy) is 2. The number of H-pyrrole nitrogens is 1. The van der Waals surface area contributed by atoms with Crippen molar-refractivity contribution >= 4 is 22.9 Å². The minimum absolute atomic E-state index is 0.179. The fourth-order valence-corrected chi connectivity index (χ4v) is 3.07. The molecule has 0 aliphatic carbocycles. The number of rotatable bonds is 8. The number of para-hydroxylation sites is 1. The summed E-state index contributed by atoms with van der Waals surface area (Å²) in [5.41, 5.74) is 1.21. The van der Waals surface area contributed by atoms with E-state index in [1.165, 1.54) is 6.08 Å². The average Bonchev–Trinajstić information content (AvgIpc) is 2.76. The number of amides is 1. The van der Waals surface area contributed by atoms with E-state index in [0.29, 0.717) is 41.4 Å². The highest BCUT2D eigenvalue weighted by atomic mass is 16.5. The van der Waals surface area contributed by atoms with Gasteiger partial charge in [0.2, 0.25) is 5.91 Å². The van der Waals surface area contributed by atoms with Crippen LogP contribution in [-0.4, -0.2) is 41.0 Å². The Kier molecular flexibility index (Phi) is 6.85. The molecular weight excluding hydrogens is 382 g/mol. The second-order valence-electron chi connectivity index (χ2n) is 6.56. The van der Waals surface area contributed by atoms with Crippen LogP contribution in [0.15, 0.2) is 53.3 Å². The molecule has 3 rings (SSSR count). The first-order chi connectivity index (χ1) is 14.5. The van der Waals surface area contributed by atoms with E-state index in [2.05, 4.69) is 9.97 Å². The Morgan fingerprint density at radius 1 is 1.17 bits per heavy atom. The molecule has 0 saturated carbocycles. The number of methoxy groups -OCH3 is 1. The molecule has 0 saturated heterocycles. The van der Waals surface area contributed by atoms with Gasteiger partial charge in [-0.1, -0.05) is 18.2 Å². The summed E-state index contributed by atoms with van der Waals surface area (Å²) < 4.78 is 10.9. The van der Waals surface area contributed by atoms with Crippen molar-refractivity contribution in [3.8, 4) is 11.5 Å². The van der Waals surface area contributed by atoms with Gasteiger partial charge in [-0.05, 0) is 49.8 Å². The zero-order valence-corrected chi connectivity index (χ0v) is 17.3. The number of fused-ring (bicyclic) bond motifs is 1. The quantitative estimate of drug-likeness (QED) is 0.579. The third-order valence-corrected chi connectivity index (χ3v) is 4.60. The van der Waals surface area contributed by atoms with Crippen molar-refractivity contribution in [3.05, 3.63) is 70.3 Å². The number of benzene rings is 2. The van der Waals surface area contributed by atoms with Gasteiger partial charge in [0.1, 0.15) is 5.82 Å². The molecular formula is C23H25N3O4. The molecule has 7 nitrogen and oxygen atoms in total. The Morgan fingerprint density at radius 3 is 2.70 bits per heavy atom. The standard InChI is InChI=1S/C23H25N3O4/c1-4-26(15-21-24-18-9-7-6-8-17(18)23(28)25-21)22(27)13-11-16-10-12-19(30-5-2)20(14-16)29-3/h6-14H,4-5,15H2,1-3H3,(H,24,25,28)/b13-11+.